The molecule has 0 spiro atoms. The lowest BCUT2D eigenvalue weighted by Gasteiger charge is -2.58. The number of aliphatic hydroxyl groups excluding tert-OH is 1. The average Bonchev–Trinajstić information content (AvgIpc) is 2.93. The fourth-order valence-corrected chi connectivity index (χ4v) is 7.43. The first-order valence-corrected chi connectivity index (χ1v) is 10.2. The summed E-state index contributed by atoms with van der Waals surface area (Å²) >= 11 is 0. The summed E-state index contributed by atoms with van der Waals surface area (Å²) in [6, 6.07) is 0. The van der Waals surface area contributed by atoms with Crippen LogP contribution in [0.3, 0.4) is 0 Å². The van der Waals surface area contributed by atoms with E-state index in [1.54, 1.807) is 0 Å². The van der Waals surface area contributed by atoms with Crippen LogP contribution in [0.4, 0.5) is 8.78 Å². The van der Waals surface area contributed by atoms with Gasteiger partial charge in [-0.05, 0) is 85.5 Å². The molecular formula is C22H30F2O2. The Kier molecular flexibility index (Phi) is 4.41. The van der Waals surface area contributed by atoms with Crippen molar-refractivity contribution in [2.24, 2.45) is 34.5 Å². The Morgan fingerprint density at radius 3 is 2.58 bits per heavy atom. The Hall–Kier alpha value is -1.03. The number of rotatable bonds is 2. The molecule has 3 saturated carbocycles. The van der Waals surface area contributed by atoms with E-state index >= 15 is 0 Å². The van der Waals surface area contributed by atoms with Crippen molar-refractivity contribution in [1.82, 2.24) is 0 Å². The van der Waals surface area contributed by atoms with Gasteiger partial charge in [0.05, 0.1) is 6.61 Å². The van der Waals surface area contributed by atoms with Crippen LogP contribution >= 0.6 is 0 Å². The van der Waals surface area contributed by atoms with Gasteiger partial charge in [-0.25, -0.2) is 0 Å². The van der Waals surface area contributed by atoms with E-state index < -0.39 is 12.7 Å². The molecular weight excluding hydrogens is 334 g/mol. The summed E-state index contributed by atoms with van der Waals surface area (Å²) in [5.74, 6) is 1.69. The van der Waals surface area contributed by atoms with Crippen molar-refractivity contribution in [3.05, 3.63) is 23.3 Å². The second-order valence-electron chi connectivity index (χ2n) is 9.59. The number of carbonyl (C=O) groups excluding carboxylic acids is 1. The molecule has 1 N–H and O–H groups in total. The lowest BCUT2D eigenvalue weighted by Crippen LogP contribution is -2.50. The van der Waals surface area contributed by atoms with Gasteiger partial charge in [-0.2, -0.15) is 8.78 Å². The molecule has 0 heterocycles. The summed E-state index contributed by atoms with van der Waals surface area (Å²) in [4.78, 5) is 11.9. The summed E-state index contributed by atoms with van der Waals surface area (Å²) in [5.41, 5.74) is 1.33. The van der Waals surface area contributed by atoms with Crippen molar-refractivity contribution in [1.29, 1.82) is 0 Å². The van der Waals surface area contributed by atoms with Gasteiger partial charge in [0.15, 0.2) is 5.78 Å². The minimum Gasteiger partial charge on any atom is -0.392 e. The molecule has 0 unspecified atom stereocenters. The van der Waals surface area contributed by atoms with Crippen LogP contribution in [0, 0.1) is 34.5 Å². The van der Waals surface area contributed by atoms with Crippen molar-refractivity contribution in [3.8, 4) is 0 Å². The largest absolute Gasteiger partial charge is 0.392 e. The fourth-order valence-electron chi connectivity index (χ4n) is 7.43. The molecule has 0 aromatic carbocycles. The van der Waals surface area contributed by atoms with Gasteiger partial charge in [0, 0.05) is 12.0 Å². The number of allylic oxidation sites excluding steroid dienone is 1. The number of hydrogen-bond acceptors (Lipinski definition) is 2. The number of aliphatic hydroxyl groups is 1. The highest BCUT2D eigenvalue weighted by atomic mass is 19.3. The number of halogens is 2. The van der Waals surface area contributed by atoms with Gasteiger partial charge in [-0.15, -0.1) is 0 Å². The molecule has 0 amide bonds. The highest BCUT2D eigenvalue weighted by Gasteiger charge is 2.59. The minimum atomic E-state index is -1.67. The summed E-state index contributed by atoms with van der Waals surface area (Å²) in [6.45, 7) is 4.02. The molecule has 0 saturated heterocycles. The third-order valence-electron chi connectivity index (χ3n) is 8.80. The second kappa shape index (κ2) is 6.25. The van der Waals surface area contributed by atoms with Crippen LogP contribution in [0.1, 0.15) is 65.2 Å². The highest BCUT2D eigenvalue weighted by molar-refractivity contribution is 5.91. The van der Waals surface area contributed by atoms with Crippen LogP contribution in [0.25, 0.3) is 0 Å². The predicted octanol–water partition coefficient (Wildman–Crippen LogP) is 5.28. The van der Waals surface area contributed by atoms with Crippen LogP contribution in [-0.2, 0) is 4.79 Å². The maximum absolute atomic E-state index is 13.4. The second-order valence-corrected chi connectivity index (χ2v) is 9.59. The fraction of sp³-hybridized carbons (Fsp3) is 0.773. The number of hydrogen-bond donors (Lipinski definition) is 1. The van der Waals surface area contributed by atoms with E-state index in [1.807, 2.05) is 6.08 Å². The molecule has 0 radical (unpaired) electrons. The van der Waals surface area contributed by atoms with E-state index in [-0.39, 0.29) is 28.1 Å². The van der Waals surface area contributed by atoms with E-state index in [0.29, 0.717) is 24.2 Å². The zero-order chi connectivity index (χ0) is 18.7. The Morgan fingerprint density at radius 2 is 1.88 bits per heavy atom. The molecule has 0 bridgehead atoms. The maximum Gasteiger partial charge on any atom is 0.272 e. The molecule has 144 valence electrons. The van der Waals surface area contributed by atoms with Crippen LogP contribution in [-0.4, -0.2) is 17.5 Å². The van der Waals surface area contributed by atoms with Gasteiger partial charge in [-0.1, -0.05) is 19.4 Å². The van der Waals surface area contributed by atoms with Crippen molar-refractivity contribution in [2.45, 2.75) is 65.2 Å². The van der Waals surface area contributed by atoms with Gasteiger partial charge in [0.2, 0.25) is 0 Å². The Balaban J connectivity index is 1.65. The quantitative estimate of drug-likeness (QED) is 0.724. The molecule has 3 fully saturated rings. The Bertz CT molecular complexity index is 678. The normalized spacial score (nSPS) is 44.7. The van der Waals surface area contributed by atoms with Crippen molar-refractivity contribution in [2.75, 3.05) is 6.61 Å². The summed E-state index contributed by atoms with van der Waals surface area (Å²) in [7, 11) is 0. The van der Waals surface area contributed by atoms with E-state index in [4.69, 9.17) is 0 Å². The zero-order valence-electron chi connectivity index (χ0n) is 15.9. The molecule has 4 aliphatic carbocycles. The molecule has 6 atom stereocenters. The van der Waals surface area contributed by atoms with Crippen LogP contribution in [0.5, 0.6) is 0 Å². The number of fused-ring (bicyclic) bond motifs is 5. The van der Waals surface area contributed by atoms with Crippen molar-refractivity contribution >= 4 is 5.78 Å². The minimum absolute atomic E-state index is 0.0145. The van der Waals surface area contributed by atoms with E-state index in [9.17, 15) is 18.7 Å². The lowest BCUT2D eigenvalue weighted by molar-refractivity contribution is -0.117. The monoisotopic (exact) mass is 364 g/mol. The van der Waals surface area contributed by atoms with E-state index in [1.165, 1.54) is 5.57 Å². The molecule has 0 aromatic heterocycles. The van der Waals surface area contributed by atoms with Gasteiger partial charge < -0.3 is 5.11 Å². The molecule has 4 aliphatic rings. The summed E-state index contributed by atoms with van der Waals surface area (Å²) < 4.78 is 26.8. The number of ketones is 1. The number of carbonyl (C=O) groups is 1. The summed E-state index contributed by atoms with van der Waals surface area (Å²) in [6.07, 6.45) is 7.69. The third kappa shape index (κ3) is 2.47. The van der Waals surface area contributed by atoms with Gasteiger partial charge in [-0.3, -0.25) is 4.79 Å². The molecule has 4 heteroatoms. The Labute approximate surface area is 154 Å². The molecule has 0 aromatic rings. The van der Waals surface area contributed by atoms with Gasteiger partial charge >= 0.3 is 0 Å². The molecule has 4 rings (SSSR count). The van der Waals surface area contributed by atoms with Crippen LogP contribution in [0.2, 0.25) is 0 Å². The first kappa shape index (κ1) is 18.3. The van der Waals surface area contributed by atoms with Crippen molar-refractivity contribution < 1.29 is 18.7 Å². The summed E-state index contributed by atoms with van der Waals surface area (Å²) in [5, 5.41) is 9.54. The maximum atomic E-state index is 13.4. The van der Waals surface area contributed by atoms with Crippen molar-refractivity contribution in [3.63, 3.8) is 0 Å². The van der Waals surface area contributed by atoms with E-state index in [0.717, 1.165) is 44.9 Å². The standard InChI is InChI=1S/C22H30F2O2/c1-21-9-7-14(26)11-13(21)3-4-15-17-5-6-18(16(12-25)20(23)24)22(17,2)10-8-19(15)21/h11,15,17-19,25H,3-10,12H2,1-2H3/t15-,17-,18+,19-,21-,22-/m0/s1. The van der Waals surface area contributed by atoms with Crippen LogP contribution in [0.15, 0.2) is 23.3 Å². The topological polar surface area (TPSA) is 37.3 Å². The molecule has 2 nitrogen and oxygen atoms in total. The lowest BCUT2D eigenvalue weighted by atomic mass is 9.46. The molecule has 0 aliphatic heterocycles. The third-order valence-corrected chi connectivity index (χ3v) is 8.80. The van der Waals surface area contributed by atoms with Gasteiger partial charge in [0.25, 0.3) is 6.08 Å². The average molecular weight is 364 g/mol. The molecule has 26 heavy (non-hydrogen) atoms. The smallest absolute Gasteiger partial charge is 0.272 e. The first-order valence-electron chi connectivity index (χ1n) is 10.2. The van der Waals surface area contributed by atoms with Crippen LogP contribution < -0.4 is 0 Å². The zero-order valence-corrected chi connectivity index (χ0v) is 15.9. The predicted molar refractivity (Wildman–Crippen MR) is 96.5 cm³/mol. The van der Waals surface area contributed by atoms with E-state index in [2.05, 4.69) is 13.8 Å². The van der Waals surface area contributed by atoms with Gasteiger partial charge in [0.1, 0.15) is 0 Å². The highest BCUT2D eigenvalue weighted by Crippen LogP contribution is 2.67. The first-order chi connectivity index (χ1) is 12.3. The Morgan fingerprint density at radius 1 is 1.12 bits per heavy atom. The SMILES string of the molecule is C[C@]12CC[C@H]3[C@@H](CCC4=CC(=O)CC[C@@]43C)[C@@H]1CC[C@@H]2C(CO)=C(F)F.